The number of alkyl halides is 2. The largest absolute Gasteiger partial charge is 0.444 e. The second kappa shape index (κ2) is 8.41. The number of nitrogens with one attached hydrogen (secondary N) is 2. The minimum atomic E-state index is -1.80. The summed E-state index contributed by atoms with van der Waals surface area (Å²) in [6, 6.07) is -1.32. The fourth-order valence-corrected chi connectivity index (χ4v) is 3.97. The van der Waals surface area contributed by atoms with E-state index in [1.54, 1.807) is 20.8 Å². The Kier molecular flexibility index (Phi) is 6.76. The zero-order chi connectivity index (χ0) is 22.0. The van der Waals surface area contributed by atoms with Crippen LogP contribution in [0.5, 0.6) is 0 Å². The lowest BCUT2D eigenvalue weighted by Crippen LogP contribution is -2.70. The van der Waals surface area contributed by atoms with Gasteiger partial charge in [-0.3, -0.25) is 9.59 Å². The van der Waals surface area contributed by atoms with Crippen molar-refractivity contribution in [3.63, 3.8) is 0 Å². The van der Waals surface area contributed by atoms with Crippen LogP contribution in [0.2, 0.25) is 0 Å². The Bertz CT molecular complexity index is 640. The quantitative estimate of drug-likeness (QED) is 0.495. The van der Waals surface area contributed by atoms with Crippen LogP contribution in [0.1, 0.15) is 65.7 Å². The zero-order valence-corrected chi connectivity index (χ0v) is 17.1. The molecule has 8 nitrogen and oxygen atoms in total. The van der Waals surface area contributed by atoms with E-state index in [9.17, 15) is 23.9 Å². The molecular weight excluding hydrogens is 388 g/mol. The summed E-state index contributed by atoms with van der Waals surface area (Å²) in [5.74, 6) is -1.93. The van der Waals surface area contributed by atoms with Crippen LogP contribution < -0.4 is 16.4 Å². The molecule has 29 heavy (non-hydrogen) atoms. The summed E-state index contributed by atoms with van der Waals surface area (Å²) in [6.45, 7) is 4.93. The Morgan fingerprint density at radius 3 is 2.24 bits per heavy atom. The molecule has 0 saturated heterocycles. The molecule has 166 valence electrons. The molecule has 5 N–H and O–H groups in total. The van der Waals surface area contributed by atoms with Crippen molar-refractivity contribution in [3.05, 3.63) is 0 Å². The molecule has 3 amide bonds. The number of ether oxygens (including phenoxy) is 1. The summed E-state index contributed by atoms with van der Waals surface area (Å²) in [7, 11) is 0. The minimum Gasteiger partial charge on any atom is -0.444 e. The number of nitrogens with two attached hydrogens (primary N) is 1. The molecule has 0 bridgehead atoms. The molecule has 0 spiro atoms. The number of aliphatic hydroxyl groups is 1. The van der Waals surface area contributed by atoms with Crippen molar-refractivity contribution >= 4 is 17.9 Å². The Labute approximate surface area is 168 Å². The lowest BCUT2D eigenvalue weighted by molar-refractivity contribution is -0.142. The third-order valence-corrected chi connectivity index (χ3v) is 5.41. The molecule has 10 heteroatoms. The molecule has 2 atom stereocenters. The SMILES string of the molecule is CC(C)(C)OC(=O)N[C@@H](CC1(F)CCCC1)C(=O)NC1(C(O)C(N)=O)CC(F)C1. The summed E-state index contributed by atoms with van der Waals surface area (Å²) >= 11 is 0. The summed E-state index contributed by atoms with van der Waals surface area (Å²) < 4.78 is 33.7. The monoisotopic (exact) mass is 419 g/mol. The van der Waals surface area contributed by atoms with Crippen molar-refractivity contribution in [2.75, 3.05) is 0 Å². The van der Waals surface area contributed by atoms with E-state index in [0.717, 1.165) is 0 Å². The number of hydrogen-bond donors (Lipinski definition) is 4. The van der Waals surface area contributed by atoms with Gasteiger partial charge in [0.05, 0.1) is 5.54 Å². The Morgan fingerprint density at radius 2 is 1.79 bits per heavy atom. The first-order chi connectivity index (χ1) is 13.3. The second-order valence-corrected chi connectivity index (χ2v) is 9.22. The average molecular weight is 419 g/mol. The van der Waals surface area contributed by atoms with Gasteiger partial charge < -0.3 is 26.2 Å². The van der Waals surface area contributed by atoms with Crippen molar-refractivity contribution in [2.24, 2.45) is 5.73 Å². The molecule has 1 unspecified atom stereocenters. The van der Waals surface area contributed by atoms with E-state index in [4.69, 9.17) is 10.5 Å². The van der Waals surface area contributed by atoms with E-state index < -0.39 is 53.0 Å². The molecule has 2 aliphatic rings. The predicted molar refractivity (Wildman–Crippen MR) is 100 cm³/mol. The first-order valence-corrected chi connectivity index (χ1v) is 9.87. The third-order valence-electron chi connectivity index (χ3n) is 5.41. The van der Waals surface area contributed by atoms with Gasteiger partial charge in [-0.1, -0.05) is 12.8 Å². The van der Waals surface area contributed by atoms with Crippen LogP contribution in [0, 0.1) is 0 Å². The van der Waals surface area contributed by atoms with Crippen LogP contribution in [0.3, 0.4) is 0 Å². The van der Waals surface area contributed by atoms with E-state index in [0.29, 0.717) is 12.8 Å². The minimum absolute atomic E-state index is 0.258. The highest BCUT2D eigenvalue weighted by Gasteiger charge is 2.54. The number of amides is 3. The number of rotatable bonds is 7. The van der Waals surface area contributed by atoms with Gasteiger partial charge in [0.2, 0.25) is 11.8 Å². The predicted octanol–water partition coefficient (Wildman–Crippen LogP) is 1.39. The number of aliphatic hydroxyl groups excluding tert-OH is 1. The smallest absolute Gasteiger partial charge is 0.408 e. The molecule has 0 aromatic rings. The van der Waals surface area contributed by atoms with Crippen LogP contribution >= 0.6 is 0 Å². The van der Waals surface area contributed by atoms with Gasteiger partial charge in [0.25, 0.3) is 0 Å². The molecule has 2 fully saturated rings. The van der Waals surface area contributed by atoms with Gasteiger partial charge in [-0.15, -0.1) is 0 Å². The highest BCUT2D eigenvalue weighted by Crippen LogP contribution is 2.39. The lowest BCUT2D eigenvalue weighted by atomic mass is 9.70. The molecule has 0 aromatic heterocycles. The topological polar surface area (TPSA) is 131 Å². The van der Waals surface area contributed by atoms with E-state index >= 15 is 4.39 Å². The number of primary amides is 1. The van der Waals surface area contributed by atoms with Crippen molar-refractivity contribution in [2.45, 2.75) is 101 Å². The van der Waals surface area contributed by atoms with Gasteiger partial charge in [0.15, 0.2) is 6.10 Å². The van der Waals surface area contributed by atoms with E-state index in [2.05, 4.69) is 10.6 Å². The molecule has 0 aromatic carbocycles. The molecule has 2 rings (SSSR count). The van der Waals surface area contributed by atoms with Gasteiger partial charge in [-0.2, -0.15) is 0 Å². The summed E-state index contributed by atoms with van der Waals surface area (Å²) in [6.07, 6.45) is -3.05. The highest BCUT2D eigenvalue weighted by atomic mass is 19.1. The normalized spacial score (nSPS) is 28.0. The molecule has 0 heterocycles. The van der Waals surface area contributed by atoms with Crippen molar-refractivity contribution in [1.82, 2.24) is 10.6 Å². The van der Waals surface area contributed by atoms with E-state index in [-0.39, 0.29) is 32.1 Å². The maximum absolute atomic E-state index is 15.0. The van der Waals surface area contributed by atoms with Gasteiger partial charge in [-0.25, -0.2) is 13.6 Å². The summed E-state index contributed by atoms with van der Waals surface area (Å²) in [4.78, 5) is 36.5. The van der Waals surface area contributed by atoms with E-state index in [1.165, 1.54) is 0 Å². The van der Waals surface area contributed by atoms with Crippen LogP contribution in [0.25, 0.3) is 0 Å². The van der Waals surface area contributed by atoms with Crippen molar-refractivity contribution in [3.8, 4) is 0 Å². The Morgan fingerprint density at radius 1 is 1.24 bits per heavy atom. The van der Waals surface area contributed by atoms with Crippen molar-refractivity contribution in [1.29, 1.82) is 0 Å². The second-order valence-electron chi connectivity index (χ2n) is 9.22. The van der Waals surface area contributed by atoms with Gasteiger partial charge in [-0.05, 0) is 33.6 Å². The lowest BCUT2D eigenvalue weighted by Gasteiger charge is -2.47. The zero-order valence-electron chi connectivity index (χ0n) is 17.1. The fourth-order valence-electron chi connectivity index (χ4n) is 3.97. The van der Waals surface area contributed by atoms with Gasteiger partial charge in [0, 0.05) is 19.3 Å². The molecule has 0 radical (unpaired) electrons. The molecule has 0 aliphatic heterocycles. The summed E-state index contributed by atoms with van der Waals surface area (Å²) in [5, 5.41) is 14.9. The van der Waals surface area contributed by atoms with Crippen LogP contribution in [-0.4, -0.2) is 58.1 Å². The molecular formula is C19H31F2N3O5. The first kappa shape index (κ1) is 23.3. The first-order valence-electron chi connectivity index (χ1n) is 9.87. The number of carbonyl (C=O) groups excluding carboxylic acids is 3. The maximum Gasteiger partial charge on any atom is 0.408 e. The number of hydrogen-bond acceptors (Lipinski definition) is 5. The van der Waals surface area contributed by atoms with E-state index in [1.807, 2.05) is 0 Å². The van der Waals surface area contributed by atoms with Crippen LogP contribution in [0.15, 0.2) is 0 Å². The number of carbonyl (C=O) groups is 3. The third kappa shape index (κ3) is 6.01. The Hall–Kier alpha value is -1.97. The van der Waals surface area contributed by atoms with Crippen LogP contribution in [-0.2, 0) is 14.3 Å². The Balaban J connectivity index is 2.16. The maximum atomic E-state index is 15.0. The number of halogens is 2. The molecule has 2 aliphatic carbocycles. The number of alkyl carbamates (subject to hydrolysis) is 1. The molecule has 2 saturated carbocycles. The standard InChI is InChI=1S/C19H31F2N3O5/c1-17(2,3)29-16(28)23-12(10-18(21)6-4-5-7-18)15(27)24-19(8-11(20)9-19)13(25)14(22)26/h11-13,25H,4-10H2,1-3H3,(H2,22,26)(H,23,28)(H,24,27)/t11?,12-,13?,19?/m0/s1. The highest BCUT2D eigenvalue weighted by molar-refractivity contribution is 5.88. The fraction of sp³-hybridized carbons (Fsp3) is 0.842. The van der Waals surface area contributed by atoms with Gasteiger partial charge >= 0.3 is 6.09 Å². The van der Waals surface area contributed by atoms with Crippen molar-refractivity contribution < 1.29 is 33.0 Å². The average Bonchev–Trinajstić information content (AvgIpc) is 2.96. The summed E-state index contributed by atoms with van der Waals surface area (Å²) in [5.41, 5.74) is 1.09. The van der Waals surface area contributed by atoms with Gasteiger partial charge in [0.1, 0.15) is 23.5 Å². The van der Waals surface area contributed by atoms with Crippen LogP contribution in [0.4, 0.5) is 13.6 Å².